The first-order valence-corrected chi connectivity index (χ1v) is 6.25. The van der Waals surface area contributed by atoms with Crippen molar-refractivity contribution in [1.29, 1.82) is 0 Å². The number of hydrogen-bond acceptors (Lipinski definition) is 4. The van der Waals surface area contributed by atoms with Crippen LogP contribution in [-0.4, -0.2) is 16.1 Å². The van der Waals surface area contributed by atoms with Crippen molar-refractivity contribution >= 4 is 17.3 Å². The van der Waals surface area contributed by atoms with E-state index in [0.717, 1.165) is 10.6 Å². The first kappa shape index (κ1) is 12.6. The zero-order valence-electron chi connectivity index (χ0n) is 10.4. The molecule has 18 heavy (non-hydrogen) atoms. The summed E-state index contributed by atoms with van der Waals surface area (Å²) in [6.45, 7) is 5.66. The quantitative estimate of drug-likeness (QED) is 0.919. The summed E-state index contributed by atoms with van der Waals surface area (Å²) < 4.78 is 5.61. The molecule has 4 nitrogen and oxygen atoms in total. The summed E-state index contributed by atoms with van der Waals surface area (Å²) in [5.74, 6) is -0.328. The fourth-order valence-corrected chi connectivity index (χ4v) is 2.30. The maximum Gasteiger partial charge on any atom is 0.335 e. The van der Waals surface area contributed by atoms with Crippen LogP contribution in [0.5, 0.6) is 10.9 Å². The molecule has 0 saturated heterocycles. The Morgan fingerprint density at radius 1 is 1.33 bits per heavy atom. The van der Waals surface area contributed by atoms with Gasteiger partial charge in [0.2, 0.25) is 0 Å². The largest absolute Gasteiger partial charge is 0.478 e. The van der Waals surface area contributed by atoms with Crippen molar-refractivity contribution in [2.75, 3.05) is 0 Å². The molecule has 1 aromatic carbocycles. The van der Waals surface area contributed by atoms with Crippen LogP contribution in [-0.2, 0) is 0 Å². The first-order valence-electron chi connectivity index (χ1n) is 5.43. The molecule has 2 aromatic rings. The van der Waals surface area contributed by atoms with Crippen LogP contribution < -0.4 is 4.74 Å². The van der Waals surface area contributed by atoms with Crippen molar-refractivity contribution in [1.82, 2.24) is 4.98 Å². The van der Waals surface area contributed by atoms with E-state index in [1.807, 2.05) is 13.8 Å². The molecule has 0 fully saturated rings. The molecule has 0 aliphatic carbocycles. The molecule has 0 bridgehead atoms. The van der Waals surface area contributed by atoms with Gasteiger partial charge in [-0.3, -0.25) is 0 Å². The summed E-state index contributed by atoms with van der Waals surface area (Å²) in [6.07, 6.45) is 0. The Morgan fingerprint density at radius 3 is 2.56 bits per heavy atom. The van der Waals surface area contributed by atoms with E-state index < -0.39 is 5.97 Å². The lowest BCUT2D eigenvalue weighted by molar-refractivity contribution is 0.0696. The highest BCUT2D eigenvalue weighted by molar-refractivity contribution is 7.13. The van der Waals surface area contributed by atoms with Crippen LogP contribution in [0.1, 0.15) is 26.5 Å². The van der Waals surface area contributed by atoms with Crippen molar-refractivity contribution < 1.29 is 14.6 Å². The topological polar surface area (TPSA) is 59.4 Å². The number of aryl methyl sites for hydroxylation is 3. The summed E-state index contributed by atoms with van der Waals surface area (Å²) in [6, 6.07) is 4.89. The van der Waals surface area contributed by atoms with Crippen molar-refractivity contribution in [2.24, 2.45) is 0 Å². The fraction of sp³-hybridized carbons (Fsp3) is 0.231. The van der Waals surface area contributed by atoms with Crippen LogP contribution in [0, 0.1) is 20.8 Å². The van der Waals surface area contributed by atoms with E-state index in [0.29, 0.717) is 16.5 Å². The summed E-state index contributed by atoms with van der Waals surface area (Å²) in [7, 11) is 0. The van der Waals surface area contributed by atoms with E-state index in [-0.39, 0.29) is 5.56 Å². The highest BCUT2D eigenvalue weighted by Gasteiger charge is 2.10. The lowest BCUT2D eigenvalue weighted by atomic mass is 10.1. The molecule has 1 aromatic heterocycles. The molecule has 0 aliphatic heterocycles. The summed E-state index contributed by atoms with van der Waals surface area (Å²) in [5, 5.41) is 9.51. The van der Waals surface area contributed by atoms with Gasteiger partial charge >= 0.3 is 5.97 Å². The van der Waals surface area contributed by atoms with Gasteiger partial charge in [-0.2, -0.15) is 0 Å². The normalized spacial score (nSPS) is 10.4. The third-order valence-corrected chi connectivity index (χ3v) is 3.59. The van der Waals surface area contributed by atoms with Crippen molar-refractivity contribution in [3.8, 4) is 10.9 Å². The summed E-state index contributed by atoms with van der Waals surface area (Å²) >= 11 is 1.48. The van der Waals surface area contributed by atoms with Gasteiger partial charge in [-0.25, -0.2) is 9.78 Å². The van der Waals surface area contributed by atoms with Gasteiger partial charge in [0.25, 0.3) is 5.19 Å². The van der Waals surface area contributed by atoms with Gasteiger partial charge in [0.15, 0.2) is 0 Å². The molecular formula is C13H13NO3S. The third-order valence-electron chi connectivity index (χ3n) is 2.64. The minimum absolute atomic E-state index is 0.286. The third kappa shape index (κ3) is 2.51. The average molecular weight is 263 g/mol. The van der Waals surface area contributed by atoms with E-state index >= 15 is 0 Å². The molecule has 0 amide bonds. The van der Waals surface area contributed by atoms with E-state index in [9.17, 15) is 4.79 Å². The predicted octanol–water partition coefficient (Wildman–Crippen LogP) is 3.56. The van der Waals surface area contributed by atoms with Crippen molar-refractivity contribution in [3.05, 3.63) is 39.9 Å². The van der Waals surface area contributed by atoms with Crippen molar-refractivity contribution in [2.45, 2.75) is 20.8 Å². The Kier molecular flexibility index (Phi) is 3.34. The fourth-order valence-electron chi connectivity index (χ4n) is 1.53. The molecule has 1 heterocycles. The maximum absolute atomic E-state index is 10.9. The highest BCUT2D eigenvalue weighted by Crippen LogP contribution is 2.29. The molecule has 0 atom stereocenters. The second-order valence-electron chi connectivity index (χ2n) is 4.01. The number of carboxylic acids is 1. The number of aromatic carboxylic acids is 1. The molecule has 1 N–H and O–H groups in total. The van der Waals surface area contributed by atoms with E-state index in [1.165, 1.54) is 11.3 Å². The van der Waals surface area contributed by atoms with Crippen LogP contribution in [0.15, 0.2) is 18.2 Å². The number of nitrogens with zero attached hydrogens (tertiary/aromatic N) is 1. The monoisotopic (exact) mass is 263 g/mol. The molecule has 0 saturated carbocycles. The summed E-state index contributed by atoms with van der Waals surface area (Å²) in [4.78, 5) is 16.3. The summed E-state index contributed by atoms with van der Waals surface area (Å²) in [5.41, 5.74) is 1.91. The standard InChI is InChI=1S/C13H13NO3S/c1-7-6-10(4-5-11(7)12(15)16)17-13-14-8(2)9(3)18-13/h4-6H,1-3H3,(H,15,16). The van der Waals surface area contributed by atoms with Gasteiger partial charge in [0, 0.05) is 4.88 Å². The number of hydrogen-bond donors (Lipinski definition) is 1. The molecule has 2 rings (SSSR count). The zero-order chi connectivity index (χ0) is 13.3. The van der Waals surface area contributed by atoms with Crippen molar-refractivity contribution in [3.63, 3.8) is 0 Å². The molecule has 5 heteroatoms. The number of ether oxygens (including phenoxy) is 1. The van der Waals surface area contributed by atoms with Crippen LogP contribution in [0.25, 0.3) is 0 Å². The molecule has 0 unspecified atom stereocenters. The lowest BCUT2D eigenvalue weighted by Gasteiger charge is -2.05. The molecule has 0 radical (unpaired) electrons. The first-order chi connectivity index (χ1) is 8.47. The van der Waals surface area contributed by atoms with E-state index in [1.54, 1.807) is 25.1 Å². The van der Waals surface area contributed by atoms with Gasteiger partial charge in [-0.1, -0.05) is 11.3 Å². The smallest absolute Gasteiger partial charge is 0.335 e. The SMILES string of the molecule is Cc1cc(Oc2nc(C)c(C)s2)ccc1C(=O)O. The maximum atomic E-state index is 10.9. The minimum atomic E-state index is -0.931. The number of benzene rings is 1. The number of carboxylic acid groups (broad SMARTS) is 1. The number of rotatable bonds is 3. The van der Waals surface area contributed by atoms with Gasteiger partial charge in [0.1, 0.15) is 5.75 Å². The van der Waals surface area contributed by atoms with Gasteiger partial charge in [-0.05, 0) is 44.5 Å². The Bertz CT molecular complexity index is 585. The second kappa shape index (κ2) is 4.78. The minimum Gasteiger partial charge on any atom is -0.478 e. The Labute approximate surface area is 109 Å². The zero-order valence-corrected chi connectivity index (χ0v) is 11.2. The van der Waals surface area contributed by atoms with Gasteiger partial charge in [-0.15, -0.1) is 0 Å². The number of carbonyl (C=O) groups is 1. The average Bonchev–Trinajstić information content (AvgIpc) is 2.57. The Balaban J connectivity index is 2.25. The van der Waals surface area contributed by atoms with Crippen LogP contribution in [0.2, 0.25) is 0 Å². The lowest BCUT2D eigenvalue weighted by Crippen LogP contribution is -1.99. The molecule has 94 valence electrons. The van der Waals surface area contributed by atoms with E-state index in [2.05, 4.69) is 4.98 Å². The van der Waals surface area contributed by atoms with Crippen LogP contribution in [0.4, 0.5) is 0 Å². The van der Waals surface area contributed by atoms with Crippen LogP contribution >= 0.6 is 11.3 Å². The Morgan fingerprint density at radius 2 is 2.06 bits per heavy atom. The number of thiazole rings is 1. The second-order valence-corrected chi connectivity index (χ2v) is 5.17. The van der Waals surface area contributed by atoms with Gasteiger partial charge < -0.3 is 9.84 Å². The highest BCUT2D eigenvalue weighted by atomic mass is 32.1. The van der Waals surface area contributed by atoms with Gasteiger partial charge in [0.05, 0.1) is 11.3 Å². The molecule has 0 spiro atoms. The predicted molar refractivity (Wildman–Crippen MR) is 69.8 cm³/mol. The Hall–Kier alpha value is -1.88. The number of aromatic nitrogens is 1. The van der Waals surface area contributed by atoms with E-state index in [4.69, 9.17) is 9.84 Å². The molecular weight excluding hydrogens is 250 g/mol. The molecule has 0 aliphatic rings. The van der Waals surface area contributed by atoms with Crippen LogP contribution in [0.3, 0.4) is 0 Å².